The van der Waals surface area contributed by atoms with Crippen molar-refractivity contribution in [3.8, 4) is 0 Å². The number of aromatic nitrogens is 1. The number of piperidine rings is 1. The molecule has 0 saturated carbocycles. The van der Waals surface area contributed by atoms with Gasteiger partial charge < -0.3 is 9.30 Å². The van der Waals surface area contributed by atoms with Crippen LogP contribution in [-0.2, 0) is 16.0 Å². The Kier molecular flexibility index (Phi) is 5.94. The molecule has 2 aromatic rings. The third-order valence-corrected chi connectivity index (χ3v) is 8.19. The normalized spacial score (nSPS) is 23.8. The molecule has 176 valence electrons. The molecule has 2 atom stereocenters. The van der Waals surface area contributed by atoms with E-state index in [4.69, 9.17) is 4.74 Å². The van der Waals surface area contributed by atoms with Crippen molar-refractivity contribution in [3.05, 3.63) is 41.1 Å². The number of benzene rings is 1. The van der Waals surface area contributed by atoms with Gasteiger partial charge in [0.25, 0.3) is 0 Å². The molecule has 4 heterocycles. The third kappa shape index (κ3) is 3.56. The van der Waals surface area contributed by atoms with E-state index >= 15 is 0 Å². The van der Waals surface area contributed by atoms with E-state index in [2.05, 4.69) is 29.4 Å². The molecular formula is C28H36N2O3. The predicted octanol–water partition coefficient (Wildman–Crippen LogP) is 5.91. The Hall–Kier alpha value is -2.40. The van der Waals surface area contributed by atoms with Crippen molar-refractivity contribution < 1.29 is 14.3 Å². The predicted molar refractivity (Wildman–Crippen MR) is 131 cm³/mol. The lowest BCUT2D eigenvalue weighted by molar-refractivity contribution is -0.137. The summed E-state index contributed by atoms with van der Waals surface area (Å²) in [5.74, 6) is -0.135. The standard InChI is InChI=1S/C28H36N2O3/c1-4-6-7-8-16-33-27(32)24-18-28(5-2)13-9-14-29-15-12-21-22-17-20(19(3)31)10-11-23(22)30(24)25(21)26(28)29/h10-11,17-18,26H,4-9,12-16H2,1-3H3/t26-,28+/m1/s1. The van der Waals surface area contributed by atoms with Gasteiger partial charge in [-0.05, 0) is 75.4 Å². The van der Waals surface area contributed by atoms with E-state index in [1.165, 1.54) is 24.1 Å². The van der Waals surface area contributed by atoms with Crippen molar-refractivity contribution in [1.82, 2.24) is 9.47 Å². The molecule has 3 aliphatic rings. The fourth-order valence-corrected chi connectivity index (χ4v) is 6.46. The first-order valence-electron chi connectivity index (χ1n) is 12.8. The summed E-state index contributed by atoms with van der Waals surface area (Å²) in [7, 11) is 0. The quantitative estimate of drug-likeness (QED) is 0.286. The zero-order valence-electron chi connectivity index (χ0n) is 20.3. The topological polar surface area (TPSA) is 51.5 Å². The minimum Gasteiger partial charge on any atom is -0.461 e. The Morgan fingerprint density at radius 3 is 2.76 bits per heavy atom. The Morgan fingerprint density at radius 1 is 1.15 bits per heavy atom. The second-order valence-corrected chi connectivity index (χ2v) is 10.1. The summed E-state index contributed by atoms with van der Waals surface area (Å²) in [6.07, 6.45) is 10.8. The van der Waals surface area contributed by atoms with E-state index in [-0.39, 0.29) is 23.2 Å². The van der Waals surface area contributed by atoms with Gasteiger partial charge in [-0.1, -0.05) is 33.1 Å². The lowest BCUT2D eigenvalue weighted by atomic mass is 9.66. The zero-order valence-corrected chi connectivity index (χ0v) is 20.3. The Bertz CT molecular complexity index is 1130. The van der Waals surface area contributed by atoms with E-state index in [0.717, 1.165) is 68.1 Å². The minimum atomic E-state index is -0.212. The van der Waals surface area contributed by atoms with Crippen molar-refractivity contribution >= 4 is 28.4 Å². The van der Waals surface area contributed by atoms with Gasteiger partial charge in [-0.25, -0.2) is 4.79 Å². The first-order valence-corrected chi connectivity index (χ1v) is 12.8. The van der Waals surface area contributed by atoms with E-state index in [9.17, 15) is 9.59 Å². The Labute approximate surface area is 196 Å². The van der Waals surface area contributed by atoms with Gasteiger partial charge in [0.05, 0.1) is 18.2 Å². The van der Waals surface area contributed by atoms with Gasteiger partial charge in [-0.2, -0.15) is 0 Å². The number of ether oxygens (including phenoxy) is 1. The molecule has 3 aliphatic heterocycles. The molecule has 0 aliphatic carbocycles. The highest BCUT2D eigenvalue weighted by Gasteiger charge is 2.51. The summed E-state index contributed by atoms with van der Waals surface area (Å²) >= 11 is 0. The number of esters is 1. The van der Waals surface area contributed by atoms with Gasteiger partial charge in [0.1, 0.15) is 5.70 Å². The average Bonchev–Trinajstić information content (AvgIpc) is 3.16. The maximum atomic E-state index is 13.5. The lowest BCUT2D eigenvalue weighted by Crippen LogP contribution is -2.51. The monoisotopic (exact) mass is 448 g/mol. The van der Waals surface area contributed by atoms with Crippen LogP contribution in [0.4, 0.5) is 0 Å². The number of unbranched alkanes of at least 4 members (excludes halogenated alkanes) is 3. The first-order chi connectivity index (χ1) is 16.0. The minimum absolute atomic E-state index is 0.0439. The van der Waals surface area contributed by atoms with E-state index in [0.29, 0.717) is 12.3 Å². The molecule has 0 amide bonds. The highest BCUT2D eigenvalue weighted by Crippen LogP contribution is 2.57. The molecule has 0 bridgehead atoms. The van der Waals surface area contributed by atoms with Crippen molar-refractivity contribution in [3.63, 3.8) is 0 Å². The summed E-state index contributed by atoms with van der Waals surface area (Å²) in [4.78, 5) is 28.2. The molecule has 0 N–H and O–H groups in total. The lowest BCUT2D eigenvalue weighted by Gasteiger charge is -2.53. The van der Waals surface area contributed by atoms with Crippen LogP contribution in [0.3, 0.4) is 0 Å². The molecule has 1 aromatic carbocycles. The summed E-state index contributed by atoms with van der Waals surface area (Å²) in [5.41, 5.74) is 4.97. The number of Topliss-reactive ketones (excluding diaryl/α,β-unsaturated/α-hetero) is 1. The van der Waals surface area contributed by atoms with Crippen LogP contribution in [0.1, 0.15) is 93.4 Å². The Balaban J connectivity index is 1.64. The van der Waals surface area contributed by atoms with Crippen molar-refractivity contribution in [2.75, 3.05) is 19.7 Å². The summed E-state index contributed by atoms with van der Waals surface area (Å²) in [6, 6.07) is 6.25. The van der Waals surface area contributed by atoms with Crippen LogP contribution in [0.15, 0.2) is 24.3 Å². The molecule has 5 heteroatoms. The highest BCUT2D eigenvalue weighted by atomic mass is 16.5. The van der Waals surface area contributed by atoms with Crippen LogP contribution in [0.2, 0.25) is 0 Å². The number of carbonyl (C=O) groups is 2. The molecular weight excluding hydrogens is 412 g/mol. The molecule has 0 spiro atoms. The number of nitrogens with zero attached hydrogens (tertiary/aromatic N) is 2. The molecule has 0 radical (unpaired) electrons. The number of fused-ring (bicyclic) bond motifs is 3. The van der Waals surface area contributed by atoms with Crippen LogP contribution < -0.4 is 0 Å². The van der Waals surface area contributed by atoms with E-state index < -0.39 is 0 Å². The highest BCUT2D eigenvalue weighted by molar-refractivity contribution is 6.14. The summed E-state index contributed by atoms with van der Waals surface area (Å²) < 4.78 is 8.00. The average molecular weight is 449 g/mol. The second-order valence-electron chi connectivity index (χ2n) is 10.1. The van der Waals surface area contributed by atoms with Crippen molar-refractivity contribution in [1.29, 1.82) is 0 Å². The molecule has 1 saturated heterocycles. The van der Waals surface area contributed by atoms with Gasteiger partial charge in [0, 0.05) is 28.6 Å². The summed E-state index contributed by atoms with van der Waals surface area (Å²) in [5, 5.41) is 1.12. The van der Waals surface area contributed by atoms with Crippen LogP contribution in [0.25, 0.3) is 16.6 Å². The molecule has 5 rings (SSSR count). The molecule has 5 nitrogen and oxygen atoms in total. The fourth-order valence-electron chi connectivity index (χ4n) is 6.46. The number of rotatable bonds is 8. The van der Waals surface area contributed by atoms with Crippen LogP contribution in [0.5, 0.6) is 0 Å². The van der Waals surface area contributed by atoms with Crippen LogP contribution in [0, 0.1) is 5.41 Å². The third-order valence-electron chi connectivity index (χ3n) is 8.19. The van der Waals surface area contributed by atoms with E-state index in [1.54, 1.807) is 6.92 Å². The first kappa shape index (κ1) is 22.4. The molecule has 33 heavy (non-hydrogen) atoms. The second kappa shape index (κ2) is 8.75. The molecule has 1 fully saturated rings. The fraction of sp³-hybridized carbons (Fsp3) is 0.571. The smallest absolute Gasteiger partial charge is 0.355 e. The van der Waals surface area contributed by atoms with Gasteiger partial charge in [-0.15, -0.1) is 0 Å². The van der Waals surface area contributed by atoms with Crippen molar-refractivity contribution in [2.45, 2.75) is 78.2 Å². The van der Waals surface area contributed by atoms with Gasteiger partial charge in [0.2, 0.25) is 0 Å². The Morgan fingerprint density at radius 2 is 2.00 bits per heavy atom. The number of hydrogen-bond donors (Lipinski definition) is 0. The van der Waals surface area contributed by atoms with Gasteiger partial charge in [-0.3, -0.25) is 9.69 Å². The largest absolute Gasteiger partial charge is 0.461 e. The number of hydrogen-bond acceptors (Lipinski definition) is 4. The zero-order chi connectivity index (χ0) is 23.2. The maximum Gasteiger partial charge on any atom is 0.355 e. The molecule has 0 unspecified atom stereocenters. The van der Waals surface area contributed by atoms with E-state index in [1.807, 2.05) is 18.2 Å². The van der Waals surface area contributed by atoms with Crippen LogP contribution >= 0.6 is 0 Å². The maximum absolute atomic E-state index is 13.5. The van der Waals surface area contributed by atoms with Crippen LogP contribution in [-0.4, -0.2) is 40.9 Å². The molecule has 1 aromatic heterocycles. The SMILES string of the molecule is CCCCCCOC(=O)C1=C[C@]2(CC)CCCN3CCc4c(n1c1ccc(C(C)=O)cc41)[C@@H]32. The van der Waals surface area contributed by atoms with Gasteiger partial charge >= 0.3 is 5.97 Å². The number of carbonyl (C=O) groups excluding carboxylic acids is 2. The summed E-state index contributed by atoms with van der Waals surface area (Å²) in [6.45, 7) is 8.68. The van der Waals surface area contributed by atoms with Gasteiger partial charge in [0.15, 0.2) is 5.78 Å². The van der Waals surface area contributed by atoms with Crippen molar-refractivity contribution in [2.24, 2.45) is 5.41 Å². The number of ketones is 1.